The predicted molar refractivity (Wildman–Crippen MR) is 84.1 cm³/mol. The number of sulfonamides is 1. The van der Waals surface area contributed by atoms with Crippen LogP contribution >= 0.6 is 15.9 Å². The molecule has 0 spiro atoms. The summed E-state index contributed by atoms with van der Waals surface area (Å²) in [5, 5.41) is 9.98. The molecule has 0 bridgehead atoms. The van der Waals surface area contributed by atoms with Crippen molar-refractivity contribution in [3.05, 3.63) is 28.2 Å². The van der Waals surface area contributed by atoms with Gasteiger partial charge in [-0.2, -0.15) is 0 Å². The zero-order valence-electron chi connectivity index (χ0n) is 12.1. The van der Waals surface area contributed by atoms with Gasteiger partial charge >= 0.3 is 0 Å². The number of benzene rings is 1. The van der Waals surface area contributed by atoms with Crippen LogP contribution in [0.25, 0.3) is 0 Å². The van der Waals surface area contributed by atoms with Crippen LogP contribution in [0.5, 0.6) is 0 Å². The Morgan fingerprint density at radius 1 is 1.30 bits per heavy atom. The first-order valence-electron chi connectivity index (χ1n) is 6.75. The highest BCUT2D eigenvalue weighted by molar-refractivity contribution is 9.10. The van der Waals surface area contributed by atoms with E-state index in [4.69, 9.17) is 0 Å². The van der Waals surface area contributed by atoms with E-state index in [2.05, 4.69) is 20.7 Å². The molecule has 20 heavy (non-hydrogen) atoms. The summed E-state index contributed by atoms with van der Waals surface area (Å²) < 4.78 is 27.7. The van der Waals surface area contributed by atoms with Crippen molar-refractivity contribution in [1.29, 1.82) is 0 Å². The molecule has 0 saturated heterocycles. The Bertz CT molecular complexity index is 541. The molecule has 2 N–H and O–H groups in total. The van der Waals surface area contributed by atoms with Crippen LogP contribution in [0.4, 0.5) is 0 Å². The Balaban J connectivity index is 2.77. The van der Waals surface area contributed by atoms with Gasteiger partial charge in [-0.25, -0.2) is 13.1 Å². The Labute approximate surface area is 129 Å². The maximum absolute atomic E-state index is 12.2. The van der Waals surface area contributed by atoms with Crippen molar-refractivity contribution in [3.8, 4) is 0 Å². The predicted octanol–water partition coefficient (Wildman–Crippen LogP) is 2.83. The van der Waals surface area contributed by atoms with Gasteiger partial charge in [-0.05, 0) is 36.6 Å². The standard InChI is InChI=1S/C14H22BrNO3S/c1-4-11(5-2)14(17)9-16-20(18,19)12-6-7-13(15)10(3)8-12/h6-8,11,14,16-17H,4-5,9H2,1-3H3. The van der Waals surface area contributed by atoms with E-state index in [9.17, 15) is 13.5 Å². The van der Waals surface area contributed by atoms with Crippen molar-refractivity contribution in [3.63, 3.8) is 0 Å². The van der Waals surface area contributed by atoms with Gasteiger partial charge < -0.3 is 5.11 Å². The number of aryl methyl sites for hydroxylation is 1. The van der Waals surface area contributed by atoms with Crippen LogP contribution in [0, 0.1) is 12.8 Å². The second kappa shape index (κ2) is 7.54. The molecule has 6 heteroatoms. The third-order valence-corrected chi connectivity index (χ3v) is 5.83. The Morgan fingerprint density at radius 2 is 1.90 bits per heavy atom. The lowest BCUT2D eigenvalue weighted by Gasteiger charge is -2.20. The molecule has 0 aliphatic carbocycles. The first-order valence-corrected chi connectivity index (χ1v) is 9.03. The molecule has 0 heterocycles. The monoisotopic (exact) mass is 363 g/mol. The van der Waals surface area contributed by atoms with Crippen LogP contribution in [0.2, 0.25) is 0 Å². The summed E-state index contributed by atoms with van der Waals surface area (Å²) in [6.07, 6.45) is 1.00. The van der Waals surface area contributed by atoms with E-state index >= 15 is 0 Å². The second-order valence-corrected chi connectivity index (χ2v) is 7.53. The number of nitrogens with one attached hydrogen (secondary N) is 1. The minimum Gasteiger partial charge on any atom is -0.391 e. The van der Waals surface area contributed by atoms with Crippen LogP contribution in [0.15, 0.2) is 27.6 Å². The summed E-state index contributed by atoms with van der Waals surface area (Å²) >= 11 is 3.34. The lowest BCUT2D eigenvalue weighted by Crippen LogP contribution is -2.36. The van der Waals surface area contributed by atoms with E-state index < -0.39 is 16.1 Å². The van der Waals surface area contributed by atoms with Crippen LogP contribution in [-0.2, 0) is 10.0 Å². The van der Waals surface area contributed by atoms with E-state index in [1.807, 2.05) is 20.8 Å². The molecule has 114 valence electrons. The summed E-state index contributed by atoms with van der Waals surface area (Å²) in [6.45, 7) is 5.86. The number of aliphatic hydroxyl groups is 1. The van der Waals surface area contributed by atoms with Gasteiger partial charge in [0.05, 0.1) is 11.0 Å². The molecular formula is C14H22BrNO3S. The average Bonchev–Trinajstić information content (AvgIpc) is 2.41. The average molecular weight is 364 g/mol. The van der Waals surface area contributed by atoms with Gasteiger partial charge in [0, 0.05) is 11.0 Å². The maximum atomic E-state index is 12.2. The zero-order chi connectivity index (χ0) is 15.3. The lowest BCUT2D eigenvalue weighted by molar-refractivity contribution is 0.107. The van der Waals surface area contributed by atoms with Crippen LogP contribution in [0.3, 0.4) is 0 Å². The van der Waals surface area contributed by atoms with Gasteiger partial charge in [0.1, 0.15) is 0 Å². The SMILES string of the molecule is CCC(CC)C(O)CNS(=O)(=O)c1ccc(Br)c(C)c1. The van der Waals surface area contributed by atoms with Gasteiger partial charge in [-0.1, -0.05) is 42.6 Å². The summed E-state index contributed by atoms with van der Waals surface area (Å²) in [7, 11) is -3.58. The normalized spacial score (nSPS) is 13.7. The van der Waals surface area contributed by atoms with Gasteiger partial charge in [0.25, 0.3) is 0 Å². The van der Waals surface area contributed by atoms with E-state index in [-0.39, 0.29) is 17.4 Å². The quantitative estimate of drug-likeness (QED) is 0.782. The molecule has 1 aromatic carbocycles. The molecule has 0 aromatic heterocycles. The smallest absolute Gasteiger partial charge is 0.240 e. The molecule has 0 aliphatic heterocycles. The lowest BCUT2D eigenvalue weighted by atomic mass is 9.97. The minimum atomic E-state index is -3.58. The molecule has 4 nitrogen and oxygen atoms in total. The Kier molecular flexibility index (Phi) is 6.64. The third kappa shape index (κ3) is 4.55. The molecule has 1 rings (SSSR count). The van der Waals surface area contributed by atoms with Crippen molar-refractivity contribution in [2.75, 3.05) is 6.54 Å². The number of hydrogen-bond donors (Lipinski definition) is 2. The fraction of sp³-hybridized carbons (Fsp3) is 0.571. The molecular weight excluding hydrogens is 342 g/mol. The van der Waals surface area contributed by atoms with Crippen LogP contribution in [-0.4, -0.2) is 26.2 Å². The Morgan fingerprint density at radius 3 is 2.40 bits per heavy atom. The van der Waals surface area contributed by atoms with E-state index in [1.165, 1.54) is 0 Å². The molecule has 0 aliphatic rings. The molecule has 1 atom stereocenters. The van der Waals surface area contributed by atoms with Crippen LogP contribution in [0.1, 0.15) is 32.3 Å². The minimum absolute atomic E-state index is 0.0454. The van der Waals surface area contributed by atoms with Gasteiger partial charge in [-0.3, -0.25) is 0 Å². The maximum Gasteiger partial charge on any atom is 0.240 e. The van der Waals surface area contributed by atoms with Gasteiger partial charge in [0.15, 0.2) is 0 Å². The van der Waals surface area contributed by atoms with Crippen LogP contribution < -0.4 is 4.72 Å². The zero-order valence-corrected chi connectivity index (χ0v) is 14.5. The number of halogens is 1. The fourth-order valence-electron chi connectivity index (χ4n) is 2.06. The Hall–Kier alpha value is -0.430. The number of hydrogen-bond acceptors (Lipinski definition) is 3. The summed E-state index contributed by atoms with van der Waals surface area (Å²) in [5.41, 5.74) is 0.855. The van der Waals surface area contributed by atoms with E-state index in [0.717, 1.165) is 22.9 Å². The highest BCUT2D eigenvalue weighted by Gasteiger charge is 2.20. The highest BCUT2D eigenvalue weighted by atomic mass is 79.9. The van der Waals surface area contributed by atoms with Gasteiger partial charge in [-0.15, -0.1) is 0 Å². The third-order valence-electron chi connectivity index (χ3n) is 3.52. The first kappa shape index (κ1) is 17.6. The van der Waals surface area contributed by atoms with Crippen molar-refractivity contribution in [2.24, 2.45) is 5.92 Å². The summed E-state index contributed by atoms with van der Waals surface area (Å²) in [4.78, 5) is 0.218. The molecule has 0 radical (unpaired) electrons. The second-order valence-electron chi connectivity index (χ2n) is 4.91. The summed E-state index contributed by atoms with van der Waals surface area (Å²) in [6, 6.07) is 4.86. The van der Waals surface area contributed by atoms with Crippen molar-refractivity contribution in [2.45, 2.75) is 44.6 Å². The molecule has 0 saturated carbocycles. The van der Waals surface area contributed by atoms with E-state index in [0.29, 0.717) is 0 Å². The fourth-order valence-corrected chi connectivity index (χ4v) is 3.44. The van der Waals surface area contributed by atoms with Crippen molar-refractivity contribution in [1.82, 2.24) is 4.72 Å². The van der Waals surface area contributed by atoms with E-state index in [1.54, 1.807) is 18.2 Å². The topological polar surface area (TPSA) is 66.4 Å². The van der Waals surface area contributed by atoms with Gasteiger partial charge in [0.2, 0.25) is 10.0 Å². The summed E-state index contributed by atoms with van der Waals surface area (Å²) in [5.74, 6) is 0.115. The highest BCUT2D eigenvalue weighted by Crippen LogP contribution is 2.20. The molecule has 1 aromatic rings. The van der Waals surface area contributed by atoms with Crippen molar-refractivity contribution < 1.29 is 13.5 Å². The molecule has 1 unspecified atom stereocenters. The largest absolute Gasteiger partial charge is 0.391 e. The van der Waals surface area contributed by atoms with Crippen molar-refractivity contribution >= 4 is 26.0 Å². The molecule has 0 amide bonds. The number of rotatable bonds is 7. The first-order chi connectivity index (χ1) is 9.31. The number of aliphatic hydroxyl groups excluding tert-OH is 1. The molecule has 0 fully saturated rings.